The van der Waals surface area contributed by atoms with Crippen molar-refractivity contribution in [3.63, 3.8) is 0 Å². The van der Waals surface area contributed by atoms with Gasteiger partial charge in [-0.3, -0.25) is 4.79 Å². The van der Waals surface area contributed by atoms with E-state index >= 15 is 0 Å². The van der Waals surface area contributed by atoms with Gasteiger partial charge < -0.3 is 10.6 Å². The fraction of sp³-hybridized carbons (Fsp3) is 0.0385. The second-order valence-corrected chi connectivity index (χ2v) is 7.95. The van der Waals surface area contributed by atoms with Crippen molar-refractivity contribution in [3.05, 3.63) is 130 Å². The highest BCUT2D eigenvalue weighted by Crippen LogP contribution is 2.36. The Kier molecular flexibility index (Phi) is 6.26. The maximum atomic E-state index is 14.0. The second kappa shape index (κ2) is 9.25. The number of benzene rings is 4. The van der Waals surface area contributed by atoms with Gasteiger partial charge in [-0.2, -0.15) is 0 Å². The molecule has 0 radical (unpaired) electrons. The Morgan fingerprint density at radius 2 is 1.10 bits per heavy atom. The lowest BCUT2D eigenvalue weighted by atomic mass is 9.81. The van der Waals surface area contributed by atoms with E-state index in [0.29, 0.717) is 15.7 Å². The Labute approximate surface area is 191 Å². The van der Waals surface area contributed by atoms with Crippen LogP contribution in [-0.2, 0) is 10.3 Å². The molecule has 0 heterocycles. The molecule has 3 nitrogen and oxygen atoms in total. The molecule has 0 fully saturated rings. The van der Waals surface area contributed by atoms with Crippen molar-refractivity contribution in [2.75, 3.05) is 10.6 Å². The molecular weight excluding hydrogens is 427 g/mol. The van der Waals surface area contributed by atoms with E-state index in [4.69, 9.17) is 23.2 Å². The lowest BCUT2D eigenvalue weighted by molar-refractivity contribution is -0.119. The standard InChI is InChI=1S/C26H20Cl2N2O/c27-21-13-7-15-23(17-21)29-25(31)26(19-9-3-1-4-10-19,20-11-5-2-6-12-20)30-24-16-8-14-22(28)18-24/h1-18,30H,(H,29,31). The Morgan fingerprint density at radius 3 is 1.61 bits per heavy atom. The summed E-state index contributed by atoms with van der Waals surface area (Å²) in [6.07, 6.45) is 0. The van der Waals surface area contributed by atoms with Gasteiger partial charge in [0.1, 0.15) is 0 Å². The van der Waals surface area contributed by atoms with Gasteiger partial charge in [-0.25, -0.2) is 0 Å². The van der Waals surface area contributed by atoms with E-state index in [-0.39, 0.29) is 5.91 Å². The van der Waals surface area contributed by atoms with Gasteiger partial charge in [0.05, 0.1) is 0 Å². The first-order chi connectivity index (χ1) is 15.1. The van der Waals surface area contributed by atoms with Crippen molar-refractivity contribution in [1.82, 2.24) is 0 Å². The molecule has 0 spiro atoms. The Balaban J connectivity index is 1.89. The van der Waals surface area contributed by atoms with Crippen molar-refractivity contribution in [2.24, 2.45) is 0 Å². The number of carbonyl (C=O) groups is 1. The third-order valence-corrected chi connectivity index (χ3v) is 5.46. The van der Waals surface area contributed by atoms with E-state index in [0.717, 1.165) is 16.8 Å². The Bertz CT molecular complexity index is 1140. The summed E-state index contributed by atoms with van der Waals surface area (Å²) in [5.74, 6) is -0.243. The fourth-order valence-corrected chi connectivity index (χ4v) is 3.96. The molecule has 0 aliphatic rings. The van der Waals surface area contributed by atoms with Gasteiger partial charge in [-0.1, -0.05) is 96.0 Å². The first-order valence-corrected chi connectivity index (χ1v) is 10.6. The molecule has 0 saturated carbocycles. The first kappa shape index (κ1) is 21.0. The van der Waals surface area contributed by atoms with Crippen LogP contribution in [0.2, 0.25) is 10.0 Å². The lowest BCUT2D eigenvalue weighted by Crippen LogP contribution is -2.48. The average molecular weight is 447 g/mol. The number of rotatable bonds is 6. The van der Waals surface area contributed by atoms with Crippen LogP contribution >= 0.6 is 23.2 Å². The summed E-state index contributed by atoms with van der Waals surface area (Å²) in [7, 11) is 0. The topological polar surface area (TPSA) is 41.1 Å². The third-order valence-electron chi connectivity index (χ3n) is 4.99. The van der Waals surface area contributed by atoms with Crippen LogP contribution in [0, 0.1) is 0 Å². The molecular formula is C26H20Cl2N2O. The highest BCUT2D eigenvalue weighted by molar-refractivity contribution is 6.31. The molecule has 4 aromatic rings. The van der Waals surface area contributed by atoms with Crippen LogP contribution in [0.3, 0.4) is 0 Å². The predicted octanol–water partition coefficient (Wildman–Crippen LogP) is 6.99. The molecule has 5 heteroatoms. The number of hydrogen-bond acceptors (Lipinski definition) is 2. The maximum absolute atomic E-state index is 14.0. The molecule has 0 bridgehead atoms. The van der Waals surface area contributed by atoms with Gasteiger partial charge >= 0.3 is 0 Å². The number of nitrogens with one attached hydrogen (secondary N) is 2. The minimum atomic E-state index is -1.21. The summed E-state index contributed by atoms with van der Waals surface area (Å²) >= 11 is 12.4. The number of anilines is 2. The number of amides is 1. The SMILES string of the molecule is O=C(Nc1cccc(Cl)c1)C(Nc1cccc(Cl)c1)(c1ccccc1)c1ccccc1. The van der Waals surface area contributed by atoms with Gasteiger partial charge in [0.25, 0.3) is 5.91 Å². The summed E-state index contributed by atoms with van der Waals surface area (Å²) in [6, 6.07) is 33.7. The number of carbonyl (C=O) groups excluding carboxylic acids is 1. The predicted molar refractivity (Wildman–Crippen MR) is 129 cm³/mol. The van der Waals surface area contributed by atoms with Gasteiger partial charge in [0, 0.05) is 21.4 Å². The summed E-state index contributed by atoms with van der Waals surface area (Å²) in [6.45, 7) is 0. The van der Waals surface area contributed by atoms with Crippen LogP contribution in [0.25, 0.3) is 0 Å². The molecule has 0 saturated heterocycles. The molecule has 31 heavy (non-hydrogen) atoms. The molecule has 1 amide bonds. The monoisotopic (exact) mass is 446 g/mol. The van der Waals surface area contributed by atoms with E-state index in [1.807, 2.05) is 78.9 Å². The van der Waals surface area contributed by atoms with E-state index in [9.17, 15) is 4.79 Å². The second-order valence-electron chi connectivity index (χ2n) is 7.08. The zero-order chi connectivity index (χ0) is 21.7. The molecule has 4 rings (SSSR count). The third kappa shape index (κ3) is 4.58. The summed E-state index contributed by atoms with van der Waals surface area (Å²) in [4.78, 5) is 14.0. The molecule has 0 unspecified atom stereocenters. The van der Waals surface area contributed by atoms with E-state index < -0.39 is 5.54 Å². The molecule has 4 aromatic carbocycles. The molecule has 0 aliphatic carbocycles. The van der Waals surface area contributed by atoms with E-state index in [2.05, 4.69) is 10.6 Å². The van der Waals surface area contributed by atoms with Crippen molar-refractivity contribution >= 4 is 40.5 Å². The van der Waals surface area contributed by atoms with Crippen LogP contribution in [0.4, 0.5) is 11.4 Å². The zero-order valence-corrected chi connectivity index (χ0v) is 18.1. The molecule has 0 aliphatic heterocycles. The fourth-order valence-electron chi connectivity index (χ4n) is 3.58. The molecule has 0 aromatic heterocycles. The molecule has 0 atom stereocenters. The van der Waals surface area contributed by atoms with Crippen molar-refractivity contribution < 1.29 is 4.79 Å². The van der Waals surface area contributed by atoms with E-state index in [1.54, 1.807) is 30.3 Å². The van der Waals surface area contributed by atoms with Crippen LogP contribution in [-0.4, -0.2) is 5.91 Å². The van der Waals surface area contributed by atoms with Gasteiger partial charge in [0.15, 0.2) is 5.54 Å². The van der Waals surface area contributed by atoms with Crippen molar-refractivity contribution in [1.29, 1.82) is 0 Å². The van der Waals surface area contributed by atoms with Crippen LogP contribution in [0.1, 0.15) is 11.1 Å². The highest BCUT2D eigenvalue weighted by atomic mass is 35.5. The van der Waals surface area contributed by atoms with Gasteiger partial charge in [0.2, 0.25) is 0 Å². The molecule has 2 N–H and O–H groups in total. The quantitative estimate of drug-likeness (QED) is 0.335. The van der Waals surface area contributed by atoms with E-state index in [1.165, 1.54) is 0 Å². The van der Waals surface area contributed by atoms with Crippen LogP contribution < -0.4 is 10.6 Å². The first-order valence-electron chi connectivity index (χ1n) is 9.80. The Hall–Kier alpha value is -3.27. The van der Waals surface area contributed by atoms with Crippen molar-refractivity contribution in [2.45, 2.75) is 5.54 Å². The summed E-state index contributed by atoms with van der Waals surface area (Å²) < 4.78 is 0. The average Bonchev–Trinajstić information content (AvgIpc) is 2.79. The zero-order valence-electron chi connectivity index (χ0n) is 16.6. The largest absolute Gasteiger partial charge is 0.364 e. The van der Waals surface area contributed by atoms with Crippen LogP contribution in [0.15, 0.2) is 109 Å². The van der Waals surface area contributed by atoms with Crippen LogP contribution in [0.5, 0.6) is 0 Å². The number of halogens is 2. The summed E-state index contributed by atoms with van der Waals surface area (Å²) in [5.41, 5.74) is 1.71. The smallest absolute Gasteiger partial charge is 0.259 e. The molecule has 154 valence electrons. The van der Waals surface area contributed by atoms with Gasteiger partial charge in [-0.05, 0) is 47.5 Å². The van der Waals surface area contributed by atoms with Gasteiger partial charge in [-0.15, -0.1) is 0 Å². The normalized spacial score (nSPS) is 11.0. The minimum Gasteiger partial charge on any atom is -0.364 e. The summed E-state index contributed by atoms with van der Waals surface area (Å²) in [5, 5.41) is 7.63. The minimum absolute atomic E-state index is 0.243. The lowest BCUT2D eigenvalue weighted by Gasteiger charge is -2.35. The highest BCUT2D eigenvalue weighted by Gasteiger charge is 2.42. The maximum Gasteiger partial charge on any atom is 0.259 e. The van der Waals surface area contributed by atoms with Crippen molar-refractivity contribution in [3.8, 4) is 0 Å². The Morgan fingerprint density at radius 1 is 0.613 bits per heavy atom. The number of hydrogen-bond donors (Lipinski definition) is 2.